The lowest BCUT2D eigenvalue weighted by Gasteiger charge is -2.24. The van der Waals surface area contributed by atoms with Gasteiger partial charge in [0.1, 0.15) is 18.1 Å². The van der Waals surface area contributed by atoms with Gasteiger partial charge in [-0.05, 0) is 18.4 Å². The molecule has 0 radical (unpaired) electrons. The molecule has 0 bridgehead atoms. The number of aromatic nitrogens is 4. The number of nitrogens with zero attached hydrogens (tertiary/aromatic N) is 2. The van der Waals surface area contributed by atoms with Crippen molar-refractivity contribution < 1.29 is 24.3 Å². The van der Waals surface area contributed by atoms with Gasteiger partial charge in [0.2, 0.25) is 17.7 Å². The number of amides is 3. The summed E-state index contributed by atoms with van der Waals surface area (Å²) in [5, 5.41) is 16.9. The Morgan fingerprint density at radius 2 is 1.51 bits per heavy atom. The maximum absolute atomic E-state index is 13.1. The summed E-state index contributed by atoms with van der Waals surface area (Å²) < 4.78 is 0. The highest BCUT2D eigenvalue weighted by Crippen LogP contribution is 2.05. The monoisotopic (exact) mass is 526 g/mol. The van der Waals surface area contributed by atoms with Crippen LogP contribution < -0.4 is 21.7 Å². The minimum absolute atomic E-state index is 0.0563. The van der Waals surface area contributed by atoms with E-state index in [1.807, 2.05) is 6.26 Å². The molecule has 0 saturated heterocycles. The van der Waals surface area contributed by atoms with Crippen molar-refractivity contribution in [3.05, 3.63) is 36.4 Å². The smallest absolute Gasteiger partial charge is 0.326 e. The quantitative estimate of drug-likeness (QED) is 0.126. The second kappa shape index (κ2) is 14.4. The highest BCUT2D eigenvalue weighted by Gasteiger charge is 2.30. The van der Waals surface area contributed by atoms with Gasteiger partial charge in [-0.2, -0.15) is 24.4 Å². The second-order valence-electron chi connectivity index (χ2n) is 7.65. The fraction of sp³-hybridized carbons (Fsp3) is 0.500. The van der Waals surface area contributed by atoms with Gasteiger partial charge in [-0.3, -0.25) is 14.4 Å². The first-order chi connectivity index (χ1) is 16.7. The molecule has 2 heterocycles. The molecule has 0 aliphatic rings. The van der Waals surface area contributed by atoms with Gasteiger partial charge < -0.3 is 36.8 Å². The highest BCUT2D eigenvalue weighted by molar-refractivity contribution is 7.98. The highest BCUT2D eigenvalue weighted by atomic mass is 32.2. The number of carbonyl (C=O) groups is 4. The van der Waals surface area contributed by atoms with E-state index in [4.69, 9.17) is 5.73 Å². The van der Waals surface area contributed by atoms with Crippen molar-refractivity contribution in [2.75, 3.05) is 17.8 Å². The van der Waals surface area contributed by atoms with Gasteiger partial charge in [-0.1, -0.05) is 0 Å². The molecule has 8 N–H and O–H groups in total. The summed E-state index contributed by atoms with van der Waals surface area (Å²) in [4.78, 5) is 63.4. The standard InChI is InChI=1S/C20H30N8O5S2/c1-35-3-2-14(20(32)33)26-19(31)16(8-34)28-18(30)15(5-12-7-23-10-25-12)27-17(29)13(21)4-11-6-22-9-24-11/h6-7,9-10,13-16,34H,2-5,8,21H2,1H3,(H,22,24)(H,23,25)(H,26,31)(H,27,29)(H,28,30)(H,32,33). The van der Waals surface area contributed by atoms with Gasteiger partial charge in [0, 0.05) is 42.4 Å². The zero-order valence-corrected chi connectivity index (χ0v) is 20.8. The Hall–Kier alpha value is -3.04. The molecule has 4 atom stereocenters. The first-order valence-corrected chi connectivity index (χ1v) is 12.7. The average Bonchev–Trinajstić information content (AvgIpc) is 3.53. The zero-order chi connectivity index (χ0) is 25.8. The molecular weight excluding hydrogens is 496 g/mol. The molecule has 0 aromatic carbocycles. The molecule has 13 nitrogen and oxygen atoms in total. The Morgan fingerprint density at radius 1 is 0.971 bits per heavy atom. The van der Waals surface area contributed by atoms with Crippen molar-refractivity contribution in [3.8, 4) is 0 Å². The number of carboxylic acids is 1. The van der Waals surface area contributed by atoms with Crippen LogP contribution in [0.1, 0.15) is 17.8 Å². The third-order valence-electron chi connectivity index (χ3n) is 4.98. The van der Waals surface area contributed by atoms with Gasteiger partial charge in [0.25, 0.3) is 0 Å². The first kappa shape index (κ1) is 28.2. The number of H-pyrrole nitrogens is 2. The van der Waals surface area contributed by atoms with Crippen LogP contribution in [0.25, 0.3) is 0 Å². The molecule has 4 unspecified atom stereocenters. The van der Waals surface area contributed by atoms with Gasteiger partial charge in [0.05, 0.1) is 18.7 Å². The van der Waals surface area contributed by atoms with Crippen molar-refractivity contribution in [2.24, 2.45) is 5.73 Å². The molecule has 3 amide bonds. The molecule has 0 aliphatic carbocycles. The van der Waals surface area contributed by atoms with E-state index < -0.39 is 47.9 Å². The van der Waals surface area contributed by atoms with E-state index in [9.17, 15) is 24.3 Å². The Balaban J connectivity index is 2.07. The Morgan fingerprint density at radius 3 is 2.03 bits per heavy atom. The van der Waals surface area contributed by atoms with Crippen LogP contribution in [0.4, 0.5) is 0 Å². The van der Waals surface area contributed by atoms with Gasteiger partial charge in [-0.25, -0.2) is 14.8 Å². The van der Waals surface area contributed by atoms with E-state index in [0.29, 0.717) is 17.1 Å². The average molecular weight is 527 g/mol. The molecule has 15 heteroatoms. The molecule has 35 heavy (non-hydrogen) atoms. The first-order valence-electron chi connectivity index (χ1n) is 10.7. The van der Waals surface area contributed by atoms with Crippen LogP contribution in [0.5, 0.6) is 0 Å². The molecule has 0 saturated carbocycles. The summed E-state index contributed by atoms with van der Waals surface area (Å²) in [6.07, 6.45) is 8.23. The van der Waals surface area contributed by atoms with Crippen LogP contribution in [0.2, 0.25) is 0 Å². The topological polar surface area (TPSA) is 208 Å². The molecule has 0 spiro atoms. The molecule has 0 aliphatic heterocycles. The van der Waals surface area contributed by atoms with Crippen LogP contribution in [-0.2, 0) is 32.0 Å². The normalized spacial score (nSPS) is 14.4. The molecule has 192 valence electrons. The van der Waals surface area contributed by atoms with Crippen molar-refractivity contribution in [1.29, 1.82) is 0 Å². The fourth-order valence-electron chi connectivity index (χ4n) is 3.06. The zero-order valence-electron chi connectivity index (χ0n) is 19.1. The van der Waals surface area contributed by atoms with Crippen LogP contribution in [0.15, 0.2) is 25.0 Å². The molecule has 2 aromatic heterocycles. The lowest BCUT2D eigenvalue weighted by atomic mass is 10.1. The number of rotatable bonds is 15. The van der Waals surface area contributed by atoms with E-state index in [1.165, 1.54) is 30.6 Å². The number of carboxylic acid groups (broad SMARTS) is 1. The number of nitrogens with two attached hydrogens (primary N) is 1. The van der Waals surface area contributed by atoms with Crippen molar-refractivity contribution in [3.63, 3.8) is 0 Å². The maximum atomic E-state index is 13.1. The number of hydrogen-bond donors (Lipinski definition) is 8. The number of thiol groups is 1. The minimum atomic E-state index is -1.17. The predicted octanol–water partition coefficient (Wildman–Crippen LogP) is -1.53. The number of carbonyl (C=O) groups excluding carboxylic acids is 3. The summed E-state index contributed by atoms with van der Waals surface area (Å²) in [6.45, 7) is 0. The Kier molecular flexibility index (Phi) is 11.6. The number of hydrogen-bond acceptors (Lipinski definition) is 9. The molecule has 2 rings (SSSR count). The fourth-order valence-corrected chi connectivity index (χ4v) is 3.79. The van der Waals surface area contributed by atoms with Crippen molar-refractivity contribution in [2.45, 2.75) is 43.4 Å². The van der Waals surface area contributed by atoms with Crippen LogP contribution in [-0.4, -0.2) is 90.7 Å². The van der Waals surface area contributed by atoms with Crippen LogP contribution >= 0.6 is 24.4 Å². The lowest BCUT2D eigenvalue weighted by Crippen LogP contribution is -2.58. The SMILES string of the molecule is CSCCC(NC(=O)C(CS)NC(=O)C(Cc1cnc[nH]1)NC(=O)C(N)Cc1cnc[nH]1)C(=O)O. The summed E-state index contributed by atoms with van der Waals surface area (Å²) in [7, 11) is 0. The number of imidazole rings is 2. The third kappa shape index (κ3) is 9.26. The molecular formula is C20H30N8O5S2. The second-order valence-corrected chi connectivity index (χ2v) is 9.00. The van der Waals surface area contributed by atoms with Gasteiger partial charge in [-0.15, -0.1) is 0 Å². The minimum Gasteiger partial charge on any atom is -0.480 e. The van der Waals surface area contributed by atoms with Crippen LogP contribution in [0.3, 0.4) is 0 Å². The van der Waals surface area contributed by atoms with Crippen molar-refractivity contribution >= 4 is 48.1 Å². The molecule has 0 fully saturated rings. The van der Waals surface area contributed by atoms with E-state index >= 15 is 0 Å². The summed E-state index contributed by atoms with van der Waals surface area (Å²) >= 11 is 5.57. The third-order valence-corrected chi connectivity index (χ3v) is 5.99. The number of nitrogens with one attached hydrogen (secondary N) is 5. The van der Waals surface area contributed by atoms with E-state index in [-0.39, 0.29) is 25.0 Å². The van der Waals surface area contributed by atoms with E-state index in [2.05, 4.69) is 48.5 Å². The van der Waals surface area contributed by atoms with Crippen LogP contribution in [0, 0.1) is 0 Å². The van der Waals surface area contributed by atoms with Gasteiger partial charge in [0.15, 0.2) is 0 Å². The molecule has 2 aromatic rings. The lowest BCUT2D eigenvalue weighted by molar-refractivity contribution is -0.142. The Labute approximate surface area is 211 Å². The predicted molar refractivity (Wildman–Crippen MR) is 133 cm³/mol. The summed E-state index contributed by atoms with van der Waals surface area (Å²) in [5.41, 5.74) is 7.21. The number of aliphatic carboxylic acids is 1. The van der Waals surface area contributed by atoms with E-state index in [0.717, 1.165) is 0 Å². The maximum Gasteiger partial charge on any atom is 0.326 e. The van der Waals surface area contributed by atoms with Gasteiger partial charge >= 0.3 is 5.97 Å². The Bertz CT molecular complexity index is 957. The summed E-state index contributed by atoms with van der Waals surface area (Å²) in [6, 6.07) is -4.26. The largest absolute Gasteiger partial charge is 0.480 e. The number of thioether (sulfide) groups is 1. The van der Waals surface area contributed by atoms with E-state index in [1.54, 1.807) is 6.20 Å². The van der Waals surface area contributed by atoms with Crippen molar-refractivity contribution in [1.82, 2.24) is 35.9 Å². The number of aromatic amines is 2. The summed E-state index contributed by atoms with van der Waals surface area (Å²) in [5.74, 6) is -2.65.